The molecule has 0 saturated heterocycles. The van der Waals surface area contributed by atoms with Gasteiger partial charge in [-0.3, -0.25) is 24.7 Å². The van der Waals surface area contributed by atoms with Gasteiger partial charge in [0.25, 0.3) is 5.69 Å². The first-order valence-corrected chi connectivity index (χ1v) is 15.0. The number of ketones is 1. The van der Waals surface area contributed by atoms with Gasteiger partial charge in [0.2, 0.25) is 0 Å². The summed E-state index contributed by atoms with van der Waals surface area (Å²) < 4.78 is 5.16. The maximum Gasteiger partial charge on any atom is 0.316 e. The van der Waals surface area contributed by atoms with Gasteiger partial charge in [-0.2, -0.15) is 0 Å². The third kappa shape index (κ3) is 5.55. The molecule has 0 saturated carbocycles. The van der Waals surface area contributed by atoms with Crippen molar-refractivity contribution in [2.45, 2.75) is 43.9 Å². The molecule has 1 heterocycles. The molecular formula is C37H33N3O5. The maximum absolute atomic E-state index is 13.8. The lowest BCUT2D eigenvalue weighted by atomic mass is 9.65. The van der Waals surface area contributed by atoms with Crippen molar-refractivity contribution in [3.8, 4) is 11.1 Å². The van der Waals surface area contributed by atoms with E-state index in [2.05, 4.69) is 16.4 Å². The van der Waals surface area contributed by atoms with E-state index in [1.54, 1.807) is 6.21 Å². The molecule has 8 nitrogen and oxygen atoms in total. The molecule has 4 aromatic carbocycles. The van der Waals surface area contributed by atoms with Gasteiger partial charge in [-0.05, 0) is 96.3 Å². The van der Waals surface area contributed by atoms with E-state index in [4.69, 9.17) is 4.74 Å². The number of esters is 1. The number of fused-ring (bicyclic) bond motifs is 6. The summed E-state index contributed by atoms with van der Waals surface area (Å²) in [5.41, 5.74) is 7.90. The Kier molecular flexibility index (Phi) is 8.13. The van der Waals surface area contributed by atoms with Crippen molar-refractivity contribution in [3.05, 3.63) is 135 Å². The van der Waals surface area contributed by atoms with Crippen LogP contribution in [-0.2, 0) is 27.8 Å². The lowest BCUT2D eigenvalue weighted by molar-refractivity contribution is -0.384. The summed E-state index contributed by atoms with van der Waals surface area (Å²) in [5.74, 6) is -0.756. The number of nitro groups is 1. The normalized spacial score (nSPS) is 18.8. The Morgan fingerprint density at radius 2 is 1.73 bits per heavy atom. The molecule has 1 aliphatic heterocycles. The summed E-state index contributed by atoms with van der Waals surface area (Å²) >= 11 is 0. The first kappa shape index (κ1) is 29.7. The van der Waals surface area contributed by atoms with E-state index in [-0.39, 0.29) is 17.4 Å². The Morgan fingerprint density at radius 3 is 2.51 bits per heavy atom. The minimum atomic E-state index is -0.755. The zero-order chi connectivity index (χ0) is 31.6. The highest BCUT2D eigenvalue weighted by atomic mass is 16.6. The Bertz CT molecular complexity index is 1860. The smallest absolute Gasteiger partial charge is 0.316 e. The standard InChI is InChI=1S/C28H25NO5.C9H8N2/c1-28(27(31)34-2)15-5-8-22-24(28)14-13-21-20-7-4-3-6-18(20)16-23(25(21)22)26(30)17-9-11-19(12-10-17)29(32)33;1-2-5-9-8(4-1)10-6-3-7-11-9/h3-4,6-7,9-14,23H,5,8,15-16H2,1-2H3;1-7,10H. The molecule has 4 aromatic rings. The fraction of sp³-hybridized carbons (Fsp3) is 0.216. The van der Waals surface area contributed by atoms with E-state index in [0.29, 0.717) is 18.4 Å². The van der Waals surface area contributed by atoms with Crippen LogP contribution in [0.2, 0.25) is 0 Å². The van der Waals surface area contributed by atoms with Crippen LogP contribution >= 0.6 is 0 Å². The van der Waals surface area contributed by atoms with Gasteiger partial charge in [-0.15, -0.1) is 0 Å². The SMILES string of the molecule is C1=CNc2ccccc2N=C1.COC(=O)C1(C)CCCc2c1ccc1c2C(C(=O)c2ccc([N+](=O)[O-])cc2)Cc2ccccc2-1. The van der Waals surface area contributed by atoms with Crippen molar-refractivity contribution in [2.24, 2.45) is 4.99 Å². The Morgan fingerprint density at radius 1 is 0.978 bits per heavy atom. The van der Waals surface area contributed by atoms with E-state index < -0.39 is 16.3 Å². The van der Waals surface area contributed by atoms with Crippen LogP contribution < -0.4 is 5.32 Å². The van der Waals surface area contributed by atoms with Gasteiger partial charge in [-0.25, -0.2) is 0 Å². The van der Waals surface area contributed by atoms with Gasteiger partial charge < -0.3 is 10.1 Å². The number of hydrogen-bond donors (Lipinski definition) is 1. The number of anilines is 1. The topological polar surface area (TPSA) is 111 Å². The lowest BCUT2D eigenvalue weighted by Gasteiger charge is -2.38. The van der Waals surface area contributed by atoms with Crippen molar-refractivity contribution in [2.75, 3.05) is 12.4 Å². The second-order valence-corrected chi connectivity index (χ2v) is 11.6. The number of aliphatic imine (C=N–C) groups is 1. The van der Waals surface area contributed by atoms with E-state index in [9.17, 15) is 19.7 Å². The average Bonchev–Trinajstić information content (AvgIpc) is 3.33. The number of non-ortho nitro benzene ring substituents is 1. The number of carbonyl (C=O) groups is 2. The minimum Gasteiger partial charge on any atom is -0.468 e. The van der Waals surface area contributed by atoms with E-state index in [0.717, 1.165) is 57.6 Å². The van der Waals surface area contributed by atoms with Gasteiger partial charge >= 0.3 is 5.97 Å². The van der Waals surface area contributed by atoms with Crippen LogP contribution in [-0.4, -0.2) is 30.0 Å². The zero-order valence-electron chi connectivity index (χ0n) is 25.2. The summed E-state index contributed by atoms with van der Waals surface area (Å²) in [7, 11) is 1.41. The molecule has 0 spiro atoms. The molecule has 0 aromatic heterocycles. The third-order valence-corrected chi connectivity index (χ3v) is 8.99. The number of allylic oxidation sites excluding steroid dienone is 1. The number of nitrogens with one attached hydrogen (secondary N) is 1. The number of hydrogen-bond acceptors (Lipinski definition) is 7. The molecule has 2 unspecified atom stereocenters. The van der Waals surface area contributed by atoms with Crippen LogP contribution in [0.15, 0.2) is 102 Å². The van der Waals surface area contributed by atoms with Crippen molar-refractivity contribution in [3.63, 3.8) is 0 Å². The number of nitrogens with zero attached hydrogens (tertiary/aromatic N) is 2. The monoisotopic (exact) mass is 599 g/mol. The maximum atomic E-state index is 13.8. The van der Waals surface area contributed by atoms with Gasteiger partial charge in [0.05, 0.1) is 34.7 Å². The van der Waals surface area contributed by atoms with Crippen molar-refractivity contribution in [1.29, 1.82) is 0 Å². The quantitative estimate of drug-likeness (QED) is 0.111. The number of carbonyl (C=O) groups excluding carboxylic acids is 2. The van der Waals surface area contributed by atoms with Crippen LogP contribution in [0.5, 0.6) is 0 Å². The fourth-order valence-electron chi connectivity index (χ4n) is 6.74. The molecule has 226 valence electrons. The summed E-state index contributed by atoms with van der Waals surface area (Å²) in [4.78, 5) is 41.4. The number of benzene rings is 4. The van der Waals surface area contributed by atoms with Crippen LogP contribution in [0.4, 0.5) is 17.1 Å². The molecule has 0 bridgehead atoms. The molecule has 0 radical (unpaired) electrons. The largest absolute Gasteiger partial charge is 0.468 e. The predicted molar refractivity (Wildman–Crippen MR) is 175 cm³/mol. The van der Waals surface area contributed by atoms with Gasteiger partial charge in [0.15, 0.2) is 5.78 Å². The van der Waals surface area contributed by atoms with Gasteiger partial charge in [0, 0.05) is 30.1 Å². The Labute approximate surface area is 261 Å². The number of rotatable bonds is 4. The van der Waals surface area contributed by atoms with Crippen molar-refractivity contribution >= 4 is 35.0 Å². The van der Waals surface area contributed by atoms with Crippen LogP contribution in [0.25, 0.3) is 11.1 Å². The Balaban J connectivity index is 0.000000272. The van der Waals surface area contributed by atoms with Crippen LogP contribution in [0.1, 0.15) is 58.3 Å². The molecule has 0 amide bonds. The van der Waals surface area contributed by atoms with E-state index in [1.807, 2.05) is 73.8 Å². The summed E-state index contributed by atoms with van der Waals surface area (Å²) in [6.07, 6.45) is 8.38. The number of nitro benzene ring substituents is 1. The number of ether oxygens (including phenoxy) is 1. The molecule has 2 aliphatic carbocycles. The second-order valence-electron chi connectivity index (χ2n) is 11.6. The number of para-hydroxylation sites is 2. The zero-order valence-corrected chi connectivity index (χ0v) is 25.2. The van der Waals surface area contributed by atoms with Crippen molar-refractivity contribution in [1.82, 2.24) is 0 Å². The average molecular weight is 600 g/mol. The molecule has 2 atom stereocenters. The number of methoxy groups -OCH3 is 1. The minimum absolute atomic E-state index is 0.0443. The van der Waals surface area contributed by atoms with Gasteiger partial charge in [-0.1, -0.05) is 48.5 Å². The van der Waals surface area contributed by atoms with E-state index in [1.165, 1.54) is 31.4 Å². The lowest BCUT2D eigenvalue weighted by Crippen LogP contribution is -2.38. The first-order chi connectivity index (χ1) is 21.8. The van der Waals surface area contributed by atoms with Crippen LogP contribution in [0, 0.1) is 10.1 Å². The first-order valence-electron chi connectivity index (χ1n) is 15.0. The number of Topliss-reactive ketones (excluding diaryl/α,β-unsaturated/α-hetero) is 1. The summed E-state index contributed by atoms with van der Waals surface area (Å²) in [6.45, 7) is 1.92. The highest BCUT2D eigenvalue weighted by molar-refractivity contribution is 6.04. The molecule has 7 rings (SSSR count). The second kappa shape index (κ2) is 12.3. The summed E-state index contributed by atoms with van der Waals surface area (Å²) in [6, 6.07) is 25.9. The third-order valence-electron chi connectivity index (χ3n) is 8.99. The highest BCUT2D eigenvalue weighted by Gasteiger charge is 2.43. The van der Waals surface area contributed by atoms with Gasteiger partial charge in [0.1, 0.15) is 0 Å². The predicted octanol–water partition coefficient (Wildman–Crippen LogP) is 7.88. The molecular weight excluding hydrogens is 566 g/mol. The molecule has 3 aliphatic rings. The molecule has 1 N–H and O–H groups in total. The van der Waals surface area contributed by atoms with E-state index >= 15 is 0 Å². The molecule has 8 heteroatoms. The fourth-order valence-corrected chi connectivity index (χ4v) is 6.74. The molecule has 45 heavy (non-hydrogen) atoms. The molecule has 0 fully saturated rings. The Hall–Kier alpha value is -5.37. The van der Waals surface area contributed by atoms with Crippen LogP contribution in [0.3, 0.4) is 0 Å². The summed E-state index contributed by atoms with van der Waals surface area (Å²) in [5, 5.41) is 14.2. The van der Waals surface area contributed by atoms with Crippen molar-refractivity contribution < 1.29 is 19.2 Å². The highest BCUT2D eigenvalue weighted by Crippen LogP contribution is 2.48.